The molecule has 1 N–H and O–H groups in total. The monoisotopic (exact) mass is 243 g/mol. The molecule has 90 valence electrons. The van der Waals surface area contributed by atoms with Gasteiger partial charge in [-0.15, -0.1) is 0 Å². The first-order valence-corrected chi connectivity index (χ1v) is 7.60. The van der Waals surface area contributed by atoms with Gasteiger partial charge in [-0.3, -0.25) is 0 Å². The molecule has 5 heteroatoms. The number of furan rings is 1. The lowest BCUT2D eigenvalue weighted by Crippen LogP contribution is -2.28. The molecule has 0 aliphatic heterocycles. The Hall–Kier alpha value is -0.810. The van der Waals surface area contributed by atoms with Gasteiger partial charge in [0.15, 0.2) is 0 Å². The van der Waals surface area contributed by atoms with E-state index in [0.717, 1.165) is 25.0 Å². The maximum atomic E-state index is 11.0. The van der Waals surface area contributed by atoms with E-state index in [1.807, 2.05) is 6.07 Å². The summed E-state index contributed by atoms with van der Waals surface area (Å²) in [5.41, 5.74) is 1.19. The van der Waals surface area contributed by atoms with Crippen molar-refractivity contribution in [3.63, 3.8) is 0 Å². The van der Waals surface area contributed by atoms with Crippen molar-refractivity contribution in [2.45, 2.75) is 25.3 Å². The van der Waals surface area contributed by atoms with Crippen molar-refractivity contribution in [3.05, 3.63) is 23.7 Å². The molecule has 0 bridgehead atoms. The molecule has 1 unspecified atom stereocenters. The van der Waals surface area contributed by atoms with Gasteiger partial charge >= 0.3 is 0 Å². The Bertz CT molecular complexity index is 450. The number of hydrogen-bond acceptors (Lipinski definition) is 4. The molecule has 0 amide bonds. The van der Waals surface area contributed by atoms with E-state index in [4.69, 9.17) is 4.42 Å². The average molecular weight is 243 g/mol. The molecule has 1 atom stereocenters. The van der Waals surface area contributed by atoms with Crippen molar-refractivity contribution >= 4 is 9.84 Å². The molecule has 0 spiro atoms. The Morgan fingerprint density at radius 2 is 2.38 bits per heavy atom. The standard InChI is InChI=1S/C11H17NO3S/c1-16(13,14)8-6-12-10-3-2-4-11-9(10)5-7-15-11/h5,7,10,12H,2-4,6,8H2,1H3. The second kappa shape index (κ2) is 4.59. The third-order valence-corrected chi connectivity index (χ3v) is 3.86. The Labute approximate surface area is 95.9 Å². The predicted octanol–water partition coefficient (Wildman–Crippen LogP) is 1.29. The minimum Gasteiger partial charge on any atom is -0.469 e. The predicted molar refractivity (Wildman–Crippen MR) is 62.1 cm³/mol. The van der Waals surface area contributed by atoms with Crippen LogP contribution < -0.4 is 5.32 Å². The second-order valence-corrected chi connectivity index (χ2v) is 6.59. The lowest BCUT2D eigenvalue weighted by Gasteiger charge is -2.22. The summed E-state index contributed by atoms with van der Waals surface area (Å²) in [4.78, 5) is 0. The van der Waals surface area contributed by atoms with Gasteiger partial charge < -0.3 is 9.73 Å². The molecular weight excluding hydrogens is 226 g/mol. The van der Waals surface area contributed by atoms with Crippen LogP contribution in [0.1, 0.15) is 30.2 Å². The van der Waals surface area contributed by atoms with Crippen LogP contribution in [-0.2, 0) is 16.3 Å². The first kappa shape index (κ1) is 11.7. The van der Waals surface area contributed by atoms with Gasteiger partial charge in [-0.2, -0.15) is 0 Å². The molecule has 0 aromatic carbocycles. The summed E-state index contributed by atoms with van der Waals surface area (Å²) < 4.78 is 27.4. The smallest absolute Gasteiger partial charge is 0.148 e. The lowest BCUT2D eigenvalue weighted by molar-refractivity contribution is 0.417. The van der Waals surface area contributed by atoms with Crippen LogP contribution in [0, 0.1) is 0 Å². The summed E-state index contributed by atoms with van der Waals surface area (Å²) in [6.07, 6.45) is 6.11. The molecule has 0 saturated carbocycles. The summed E-state index contributed by atoms with van der Waals surface area (Å²) in [5, 5.41) is 3.28. The number of fused-ring (bicyclic) bond motifs is 1. The largest absolute Gasteiger partial charge is 0.469 e. The van der Waals surface area contributed by atoms with Crippen LogP contribution in [0.5, 0.6) is 0 Å². The van der Waals surface area contributed by atoms with E-state index in [-0.39, 0.29) is 11.8 Å². The average Bonchev–Trinajstić information content (AvgIpc) is 2.64. The quantitative estimate of drug-likeness (QED) is 0.865. The summed E-state index contributed by atoms with van der Waals surface area (Å²) in [6.45, 7) is 0.508. The zero-order chi connectivity index (χ0) is 11.6. The van der Waals surface area contributed by atoms with E-state index >= 15 is 0 Å². The Morgan fingerprint density at radius 3 is 3.12 bits per heavy atom. The van der Waals surface area contributed by atoms with Crippen molar-refractivity contribution in [2.24, 2.45) is 0 Å². The van der Waals surface area contributed by atoms with Crippen LogP contribution in [0.25, 0.3) is 0 Å². The summed E-state index contributed by atoms with van der Waals surface area (Å²) >= 11 is 0. The van der Waals surface area contributed by atoms with E-state index in [2.05, 4.69) is 5.32 Å². The number of nitrogens with one attached hydrogen (secondary N) is 1. The van der Waals surface area contributed by atoms with Crippen molar-refractivity contribution < 1.29 is 12.8 Å². The van der Waals surface area contributed by atoms with Crippen LogP contribution in [0.3, 0.4) is 0 Å². The summed E-state index contributed by atoms with van der Waals surface area (Å²) in [5.74, 6) is 1.24. The molecular formula is C11H17NO3S. The van der Waals surface area contributed by atoms with Crippen LogP contribution in [0.2, 0.25) is 0 Å². The fraction of sp³-hybridized carbons (Fsp3) is 0.636. The topological polar surface area (TPSA) is 59.3 Å². The van der Waals surface area contributed by atoms with Gasteiger partial charge in [0.1, 0.15) is 15.6 Å². The molecule has 1 aliphatic carbocycles. The van der Waals surface area contributed by atoms with Crippen molar-refractivity contribution in [3.8, 4) is 0 Å². The SMILES string of the molecule is CS(=O)(=O)CCNC1CCCc2occc21. The van der Waals surface area contributed by atoms with Gasteiger partial charge in [0.2, 0.25) is 0 Å². The molecule has 2 rings (SSSR count). The zero-order valence-corrected chi connectivity index (χ0v) is 10.2. The van der Waals surface area contributed by atoms with Crippen LogP contribution in [0.4, 0.5) is 0 Å². The molecule has 0 radical (unpaired) electrons. The highest BCUT2D eigenvalue weighted by Gasteiger charge is 2.22. The van der Waals surface area contributed by atoms with Gasteiger partial charge in [-0.25, -0.2) is 8.42 Å². The van der Waals surface area contributed by atoms with Crippen molar-refractivity contribution in [1.82, 2.24) is 5.32 Å². The molecule has 4 nitrogen and oxygen atoms in total. The first-order chi connectivity index (χ1) is 7.56. The van der Waals surface area contributed by atoms with Gasteiger partial charge in [-0.1, -0.05) is 0 Å². The maximum Gasteiger partial charge on any atom is 0.148 e. The maximum absolute atomic E-state index is 11.0. The molecule has 16 heavy (non-hydrogen) atoms. The van der Waals surface area contributed by atoms with Gasteiger partial charge in [0, 0.05) is 30.8 Å². The zero-order valence-electron chi connectivity index (χ0n) is 9.40. The summed E-state index contributed by atoms with van der Waals surface area (Å²) in [6, 6.07) is 2.23. The molecule has 1 aromatic heterocycles. The Kier molecular flexibility index (Phi) is 3.35. The fourth-order valence-corrected chi connectivity index (χ4v) is 2.61. The molecule has 0 fully saturated rings. The van der Waals surface area contributed by atoms with E-state index in [1.54, 1.807) is 6.26 Å². The third kappa shape index (κ3) is 2.86. The number of aryl methyl sites for hydroxylation is 1. The number of sulfone groups is 1. The molecule has 1 aromatic rings. The molecule has 0 saturated heterocycles. The van der Waals surface area contributed by atoms with Gasteiger partial charge in [0.25, 0.3) is 0 Å². The second-order valence-electron chi connectivity index (χ2n) is 4.33. The number of hydrogen-bond donors (Lipinski definition) is 1. The molecule has 1 heterocycles. The van der Waals surface area contributed by atoms with E-state index in [9.17, 15) is 8.42 Å². The Balaban J connectivity index is 1.93. The molecule has 1 aliphatic rings. The third-order valence-electron chi connectivity index (χ3n) is 2.92. The van der Waals surface area contributed by atoms with Crippen LogP contribution in [0.15, 0.2) is 16.7 Å². The van der Waals surface area contributed by atoms with Crippen LogP contribution in [-0.4, -0.2) is 27.0 Å². The fourth-order valence-electron chi connectivity index (χ4n) is 2.12. The summed E-state index contributed by atoms with van der Waals surface area (Å²) in [7, 11) is -2.87. The van der Waals surface area contributed by atoms with Crippen molar-refractivity contribution in [2.75, 3.05) is 18.6 Å². The normalized spacial score (nSPS) is 20.7. The number of rotatable bonds is 4. The first-order valence-electron chi connectivity index (χ1n) is 5.53. The van der Waals surface area contributed by atoms with E-state index in [1.165, 1.54) is 11.8 Å². The Morgan fingerprint density at radius 1 is 1.56 bits per heavy atom. The van der Waals surface area contributed by atoms with Gasteiger partial charge in [-0.05, 0) is 18.9 Å². The van der Waals surface area contributed by atoms with Gasteiger partial charge in [0.05, 0.1) is 12.0 Å². The highest BCUT2D eigenvalue weighted by Crippen LogP contribution is 2.30. The van der Waals surface area contributed by atoms with E-state index < -0.39 is 9.84 Å². The highest BCUT2D eigenvalue weighted by atomic mass is 32.2. The van der Waals surface area contributed by atoms with E-state index in [0.29, 0.717) is 6.54 Å². The highest BCUT2D eigenvalue weighted by molar-refractivity contribution is 7.90. The minimum absolute atomic E-state index is 0.191. The lowest BCUT2D eigenvalue weighted by atomic mass is 9.93. The minimum atomic E-state index is -2.87. The van der Waals surface area contributed by atoms with Crippen LogP contribution >= 0.6 is 0 Å². The van der Waals surface area contributed by atoms with Crippen molar-refractivity contribution in [1.29, 1.82) is 0 Å².